The second-order valence-corrected chi connectivity index (χ2v) is 5.13. The van der Waals surface area contributed by atoms with E-state index in [0.29, 0.717) is 12.5 Å². The van der Waals surface area contributed by atoms with E-state index in [1.807, 2.05) is 18.2 Å². The van der Waals surface area contributed by atoms with Gasteiger partial charge in [0.1, 0.15) is 11.5 Å². The lowest BCUT2D eigenvalue weighted by molar-refractivity contribution is 0.347. The van der Waals surface area contributed by atoms with Gasteiger partial charge in [-0.1, -0.05) is 25.9 Å². The van der Waals surface area contributed by atoms with Crippen molar-refractivity contribution in [1.82, 2.24) is 10.5 Å². The Labute approximate surface area is 114 Å². The number of hydrogen-bond donors (Lipinski definition) is 1. The molecule has 0 bridgehead atoms. The molecule has 0 aliphatic heterocycles. The van der Waals surface area contributed by atoms with Gasteiger partial charge in [-0.15, -0.1) is 0 Å². The molecular weight excluding hydrogens is 240 g/mol. The van der Waals surface area contributed by atoms with Crippen LogP contribution >= 0.6 is 0 Å². The van der Waals surface area contributed by atoms with Crippen molar-refractivity contribution in [2.75, 3.05) is 0 Å². The van der Waals surface area contributed by atoms with E-state index in [4.69, 9.17) is 8.94 Å². The fourth-order valence-electron chi connectivity index (χ4n) is 1.86. The van der Waals surface area contributed by atoms with Crippen LogP contribution in [0.1, 0.15) is 62.6 Å². The molecule has 0 amide bonds. The molecule has 19 heavy (non-hydrogen) atoms. The molecule has 0 aliphatic rings. The van der Waals surface area contributed by atoms with E-state index >= 15 is 0 Å². The average molecular weight is 262 g/mol. The zero-order valence-electron chi connectivity index (χ0n) is 12.1. The minimum atomic E-state index is 0.160. The zero-order chi connectivity index (χ0) is 13.8. The average Bonchev–Trinajstić information content (AvgIpc) is 3.04. The van der Waals surface area contributed by atoms with Gasteiger partial charge in [-0.25, -0.2) is 0 Å². The number of rotatable bonds is 6. The minimum Gasteiger partial charge on any atom is -0.464 e. The Morgan fingerprint density at radius 1 is 1.21 bits per heavy atom. The van der Waals surface area contributed by atoms with E-state index in [1.54, 1.807) is 0 Å². The van der Waals surface area contributed by atoms with Gasteiger partial charge in [-0.3, -0.25) is 0 Å². The molecule has 0 saturated carbocycles. The van der Waals surface area contributed by atoms with Crippen molar-refractivity contribution in [2.24, 2.45) is 0 Å². The highest BCUT2D eigenvalue weighted by Crippen LogP contribution is 2.18. The molecule has 0 spiro atoms. The molecule has 1 N–H and O–H groups in total. The molecule has 1 atom stereocenters. The van der Waals surface area contributed by atoms with E-state index in [0.717, 1.165) is 29.4 Å². The van der Waals surface area contributed by atoms with Crippen LogP contribution in [0, 0.1) is 0 Å². The number of nitrogens with zero attached hydrogens (tertiary/aromatic N) is 1. The highest BCUT2D eigenvalue weighted by atomic mass is 16.5. The molecule has 2 aromatic rings. The van der Waals surface area contributed by atoms with Gasteiger partial charge in [-0.2, -0.15) is 0 Å². The van der Waals surface area contributed by atoms with Gasteiger partial charge in [0.05, 0.1) is 18.3 Å². The van der Waals surface area contributed by atoms with Crippen LogP contribution in [0.25, 0.3) is 0 Å². The monoisotopic (exact) mass is 262 g/mol. The molecule has 1 unspecified atom stereocenters. The normalized spacial score (nSPS) is 13.1. The van der Waals surface area contributed by atoms with Gasteiger partial charge >= 0.3 is 0 Å². The maximum Gasteiger partial charge on any atom is 0.150 e. The Morgan fingerprint density at radius 2 is 2.00 bits per heavy atom. The highest BCUT2D eigenvalue weighted by Gasteiger charge is 2.12. The van der Waals surface area contributed by atoms with Crippen LogP contribution in [0.15, 0.2) is 27.1 Å². The Hall–Kier alpha value is -1.55. The topological polar surface area (TPSA) is 51.2 Å². The van der Waals surface area contributed by atoms with Crippen molar-refractivity contribution in [2.45, 2.75) is 52.6 Å². The number of hydrogen-bond acceptors (Lipinski definition) is 4. The standard InChI is InChI=1S/C15H22N2O2/c1-5-12-6-7-15(18-12)11(4)16-9-13-8-14(10(2)3)17-19-13/h6-8,10-11,16H,5,9H2,1-4H3. The fraction of sp³-hybridized carbons (Fsp3) is 0.533. The van der Waals surface area contributed by atoms with Crippen LogP contribution in [0.5, 0.6) is 0 Å². The van der Waals surface area contributed by atoms with Crippen molar-refractivity contribution in [3.63, 3.8) is 0 Å². The Kier molecular flexibility index (Phi) is 4.43. The molecule has 2 aromatic heterocycles. The third-order valence-electron chi connectivity index (χ3n) is 3.21. The van der Waals surface area contributed by atoms with Gasteiger partial charge < -0.3 is 14.3 Å². The molecular formula is C15H22N2O2. The van der Waals surface area contributed by atoms with Gasteiger partial charge in [0.25, 0.3) is 0 Å². The quantitative estimate of drug-likeness (QED) is 0.860. The SMILES string of the molecule is CCc1ccc(C(C)NCc2cc(C(C)C)no2)o1. The molecule has 2 rings (SSSR count). The van der Waals surface area contributed by atoms with Crippen molar-refractivity contribution in [3.8, 4) is 0 Å². The van der Waals surface area contributed by atoms with Gasteiger partial charge in [0, 0.05) is 12.5 Å². The summed E-state index contributed by atoms with van der Waals surface area (Å²) in [4.78, 5) is 0. The van der Waals surface area contributed by atoms with E-state index < -0.39 is 0 Å². The van der Waals surface area contributed by atoms with E-state index in [-0.39, 0.29) is 6.04 Å². The summed E-state index contributed by atoms with van der Waals surface area (Å²) < 4.78 is 11.0. The van der Waals surface area contributed by atoms with E-state index in [9.17, 15) is 0 Å². The first kappa shape index (κ1) is 13.9. The summed E-state index contributed by atoms with van der Waals surface area (Å²) in [6.45, 7) is 9.03. The molecule has 4 heteroatoms. The predicted molar refractivity (Wildman–Crippen MR) is 73.9 cm³/mol. The summed E-state index contributed by atoms with van der Waals surface area (Å²) in [6, 6.07) is 6.21. The van der Waals surface area contributed by atoms with Crippen LogP contribution in [0.2, 0.25) is 0 Å². The molecule has 4 nitrogen and oxygen atoms in total. The first-order valence-electron chi connectivity index (χ1n) is 6.87. The maximum absolute atomic E-state index is 5.72. The molecule has 2 heterocycles. The summed E-state index contributed by atoms with van der Waals surface area (Å²) in [5.41, 5.74) is 0.996. The molecule has 104 valence electrons. The lowest BCUT2D eigenvalue weighted by Crippen LogP contribution is -2.17. The first-order valence-corrected chi connectivity index (χ1v) is 6.87. The summed E-state index contributed by atoms with van der Waals surface area (Å²) in [5.74, 6) is 3.23. The molecule has 0 fully saturated rings. The zero-order valence-corrected chi connectivity index (χ0v) is 12.1. The molecule has 0 aromatic carbocycles. The number of furan rings is 1. The summed E-state index contributed by atoms with van der Waals surface area (Å²) in [5, 5.41) is 7.42. The summed E-state index contributed by atoms with van der Waals surface area (Å²) in [6.07, 6.45) is 0.923. The van der Waals surface area contributed by atoms with Crippen molar-refractivity contribution in [3.05, 3.63) is 41.2 Å². The van der Waals surface area contributed by atoms with E-state index in [1.165, 1.54) is 0 Å². The maximum atomic E-state index is 5.72. The van der Waals surface area contributed by atoms with Crippen molar-refractivity contribution in [1.29, 1.82) is 0 Å². The number of aromatic nitrogens is 1. The minimum absolute atomic E-state index is 0.160. The largest absolute Gasteiger partial charge is 0.464 e. The van der Waals surface area contributed by atoms with Crippen LogP contribution in [-0.2, 0) is 13.0 Å². The third-order valence-corrected chi connectivity index (χ3v) is 3.21. The van der Waals surface area contributed by atoms with Crippen molar-refractivity contribution < 1.29 is 8.94 Å². The van der Waals surface area contributed by atoms with Gasteiger partial charge in [0.2, 0.25) is 0 Å². The lowest BCUT2D eigenvalue weighted by atomic mass is 10.1. The first-order chi connectivity index (χ1) is 9.10. The molecule has 0 aliphatic carbocycles. The second kappa shape index (κ2) is 6.06. The highest BCUT2D eigenvalue weighted by molar-refractivity contribution is 5.11. The Morgan fingerprint density at radius 3 is 2.58 bits per heavy atom. The number of nitrogens with one attached hydrogen (secondary N) is 1. The lowest BCUT2D eigenvalue weighted by Gasteiger charge is -2.09. The van der Waals surface area contributed by atoms with Gasteiger partial charge in [0.15, 0.2) is 5.76 Å². The van der Waals surface area contributed by atoms with Crippen LogP contribution in [-0.4, -0.2) is 5.16 Å². The number of aryl methyl sites for hydroxylation is 1. The Balaban J connectivity index is 1.90. The van der Waals surface area contributed by atoms with Gasteiger partial charge in [-0.05, 0) is 25.0 Å². The van der Waals surface area contributed by atoms with Crippen molar-refractivity contribution >= 4 is 0 Å². The second-order valence-electron chi connectivity index (χ2n) is 5.13. The molecule has 0 saturated heterocycles. The molecule has 0 radical (unpaired) electrons. The third kappa shape index (κ3) is 3.47. The fourth-order valence-corrected chi connectivity index (χ4v) is 1.86. The smallest absolute Gasteiger partial charge is 0.150 e. The van der Waals surface area contributed by atoms with Crippen LogP contribution in [0.3, 0.4) is 0 Å². The summed E-state index contributed by atoms with van der Waals surface area (Å²) >= 11 is 0. The van der Waals surface area contributed by atoms with Crippen LogP contribution in [0.4, 0.5) is 0 Å². The summed E-state index contributed by atoms with van der Waals surface area (Å²) in [7, 11) is 0. The van der Waals surface area contributed by atoms with E-state index in [2.05, 4.69) is 38.2 Å². The van der Waals surface area contributed by atoms with Crippen LogP contribution < -0.4 is 5.32 Å². The Bertz CT molecular complexity index is 514. The predicted octanol–water partition coefficient (Wildman–Crippen LogP) is 3.80.